The van der Waals surface area contributed by atoms with Gasteiger partial charge in [0.25, 0.3) is 0 Å². The minimum absolute atomic E-state index is 0.333. The second kappa shape index (κ2) is 6.94. The zero-order valence-electron chi connectivity index (χ0n) is 13.5. The molecule has 0 amide bonds. The molecule has 0 aliphatic heterocycles. The third-order valence-electron chi connectivity index (χ3n) is 3.57. The van der Waals surface area contributed by atoms with Crippen LogP contribution in [-0.2, 0) is 9.53 Å². The third kappa shape index (κ3) is 3.76. The van der Waals surface area contributed by atoms with Crippen LogP contribution in [0, 0.1) is 0 Å². The number of hydrogen-bond acceptors (Lipinski definition) is 3. The maximum atomic E-state index is 11.3. The molecule has 0 saturated heterocycles. The number of esters is 1. The van der Waals surface area contributed by atoms with E-state index in [2.05, 4.69) is 46.0 Å². The standard InChI is InChI=1S/C19H21NO2/c1-14(12-19(21)22-4)15-8-10-16(11-9-15)17-6-5-7-18(13-17)20(2)3/h5-13H,1-4H3/b14-12+. The Bertz CT molecular complexity index is 685. The molecule has 0 N–H and O–H groups in total. The summed E-state index contributed by atoms with van der Waals surface area (Å²) >= 11 is 0. The number of rotatable bonds is 4. The van der Waals surface area contributed by atoms with Gasteiger partial charge in [0.15, 0.2) is 0 Å². The first kappa shape index (κ1) is 15.8. The second-order valence-electron chi connectivity index (χ2n) is 5.37. The summed E-state index contributed by atoms with van der Waals surface area (Å²) in [7, 11) is 5.44. The van der Waals surface area contributed by atoms with Gasteiger partial charge in [0.1, 0.15) is 0 Å². The van der Waals surface area contributed by atoms with E-state index in [0.717, 1.165) is 16.7 Å². The molecule has 0 saturated carbocycles. The highest BCUT2D eigenvalue weighted by Crippen LogP contribution is 2.25. The van der Waals surface area contributed by atoms with E-state index in [1.54, 1.807) is 0 Å². The lowest BCUT2D eigenvalue weighted by atomic mass is 10.0. The maximum Gasteiger partial charge on any atom is 0.330 e. The van der Waals surface area contributed by atoms with E-state index in [1.165, 1.54) is 24.4 Å². The average Bonchev–Trinajstić information content (AvgIpc) is 2.55. The largest absolute Gasteiger partial charge is 0.466 e. The second-order valence-corrected chi connectivity index (χ2v) is 5.37. The van der Waals surface area contributed by atoms with E-state index in [1.807, 2.05) is 33.2 Å². The van der Waals surface area contributed by atoms with Gasteiger partial charge >= 0.3 is 5.97 Å². The lowest BCUT2D eigenvalue weighted by molar-refractivity contribution is -0.134. The van der Waals surface area contributed by atoms with Gasteiger partial charge in [-0.05, 0) is 41.3 Å². The highest BCUT2D eigenvalue weighted by molar-refractivity contribution is 5.91. The number of benzene rings is 2. The molecule has 22 heavy (non-hydrogen) atoms. The summed E-state index contributed by atoms with van der Waals surface area (Å²) < 4.78 is 4.65. The molecule has 0 spiro atoms. The fourth-order valence-corrected chi connectivity index (χ4v) is 2.21. The Kier molecular flexibility index (Phi) is 4.99. The fourth-order valence-electron chi connectivity index (χ4n) is 2.21. The number of anilines is 1. The highest BCUT2D eigenvalue weighted by atomic mass is 16.5. The van der Waals surface area contributed by atoms with Crippen molar-refractivity contribution in [2.24, 2.45) is 0 Å². The topological polar surface area (TPSA) is 29.5 Å². The van der Waals surface area contributed by atoms with Crippen LogP contribution in [0.25, 0.3) is 16.7 Å². The van der Waals surface area contributed by atoms with Crippen molar-refractivity contribution in [2.45, 2.75) is 6.92 Å². The van der Waals surface area contributed by atoms with Crippen molar-refractivity contribution in [3.63, 3.8) is 0 Å². The van der Waals surface area contributed by atoms with Gasteiger partial charge in [0.05, 0.1) is 7.11 Å². The molecule has 2 rings (SSSR count). The minimum Gasteiger partial charge on any atom is -0.466 e. The van der Waals surface area contributed by atoms with Gasteiger partial charge in [0.2, 0.25) is 0 Å². The molecule has 0 aromatic heterocycles. The molecule has 3 heteroatoms. The number of allylic oxidation sites excluding steroid dienone is 1. The number of hydrogen-bond donors (Lipinski definition) is 0. The van der Waals surface area contributed by atoms with Crippen LogP contribution in [0.4, 0.5) is 5.69 Å². The highest BCUT2D eigenvalue weighted by Gasteiger charge is 2.03. The van der Waals surface area contributed by atoms with Gasteiger partial charge in [0, 0.05) is 25.9 Å². The number of carbonyl (C=O) groups excluding carboxylic acids is 1. The van der Waals surface area contributed by atoms with Crippen molar-refractivity contribution in [2.75, 3.05) is 26.1 Å². The van der Waals surface area contributed by atoms with Crippen LogP contribution in [0.5, 0.6) is 0 Å². The maximum absolute atomic E-state index is 11.3. The number of methoxy groups -OCH3 is 1. The van der Waals surface area contributed by atoms with E-state index < -0.39 is 0 Å². The summed E-state index contributed by atoms with van der Waals surface area (Å²) in [4.78, 5) is 13.4. The number of carbonyl (C=O) groups is 1. The Morgan fingerprint density at radius 1 is 1.05 bits per heavy atom. The molecule has 3 nitrogen and oxygen atoms in total. The van der Waals surface area contributed by atoms with Gasteiger partial charge in [-0.3, -0.25) is 0 Å². The van der Waals surface area contributed by atoms with E-state index in [0.29, 0.717) is 0 Å². The van der Waals surface area contributed by atoms with Crippen LogP contribution in [-0.4, -0.2) is 27.2 Å². The van der Waals surface area contributed by atoms with Crippen LogP contribution < -0.4 is 4.90 Å². The first-order chi connectivity index (χ1) is 10.5. The van der Waals surface area contributed by atoms with Crippen molar-refractivity contribution >= 4 is 17.2 Å². The van der Waals surface area contributed by atoms with Crippen LogP contribution in [0.3, 0.4) is 0 Å². The summed E-state index contributed by atoms with van der Waals surface area (Å²) in [6.07, 6.45) is 1.50. The van der Waals surface area contributed by atoms with E-state index in [4.69, 9.17) is 0 Å². The van der Waals surface area contributed by atoms with Crippen molar-refractivity contribution in [3.8, 4) is 11.1 Å². The van der Waals surface area contributed by atoms with Crippen LogP contribution in [0.15, 0.2) is 54.6 Å². The van der Waals surface area contributed by atoms with Gasteiger partial charge in [-0.1, -0.05) is 36.4 Å². The summed E-state index contributed by atoms with van der Waals surface area (Å²) in [5.74, 6) is -0.333. The monoisotopic (exact) mass is 295 g/mol. The van der Waals surface area contributed by atoms with Gasteiger partial charge in [-0.2, -0.15) is 0 Å². The molecule has 0 unspecified atom stereocenters. The number of nitrogens with zero attached hydrogens (tertiary/aromatic N) is 1. The summed E-state index contributed by atoms with van der Waals surface area (Å²) in [6, 6.07) is 16.6. The quantitative estimate of drug-likeness (QED) is 0.631. The zero-order chi connectivity index (χ0) is 16.1. The van der Waals surface area contributed by atoms with Gasteiger partial charge in [-0.15, -0.1) is 0 Å². The SMILES string of the molecule is COC(=O)/C=C(\C)c1ccc(-c2cccc(N(C)C)c2)cc1. The van der Waals surface area contributed by atoms with Crippen LogP contribution in [0.1, 0.15) is 12.5 Å². The molecular formula is C19H21NO2. The van der Waals surface area contributed by atoms with Crippen molar-refractivity contribution in [1.29, 1.82) is 0 Å². The molecule has 2 aromatic carbocycles. The average molecular weight is 295 g/mol. The molecule has 0 radical (unpaired) electrons. The Balaban J connectivity index is 2.27. The molecule has 2 aromatic rings. The Morgan fingerprint density at radius 3 is 2.32 bits per heavy atom. The molecule has 0 bridgehead atoms. The molecule has 0 fully saturated rings. The Labute approximate surface area is 131 Å². The molecule has 0 aliphatic rings. The lowest BCUT2D eigenvalue weighted by Gasteiger charge is -2.14. The zero-order valence-corrected chi connectivity index (χ0v) is 13.5. The Morgan fingerprint density at radius 2 is 1.73 bits per heavy atom. The normalized spacial score (nSPS) is 11.2. The predicted octanol–water partition coefficient (Wildman–Crippen LogP) is 4.00. The predicted molar refractivity (Wildman–Crippen MR) is 91.9 cm³/mol. The fraction of sp³-hybridized carbons (Fsp3) is 0.211. The molecule has 0 heterocycles. The Hall–Kier alpha value is -2.55. The third-order valence-corrected chi connectivity index (χ3v) is 3.57. The molecular weight excluding hydrogens is 274 g/mol. The van der Waals surface area contributed by atoms with Gasteiger partial charge < -0.3 is 9.64 Å². The molecule has 0 atom stereocenters. The molecule has 114 valence electrons. The lowest BCUT2D eigenvalue weighted by Crippen LogP contribution is -2.08. The summed E-state index contributed by atoms with van der Waals surface area (Å²) in [5.41, 5.74) is 5.40. The number of ether oxygens (including phenoxy) is 1. The summed E-state index contributed by atoms with van der Waals surface area (Å²) in [6.45, 7) is 1.90. The minimum atomic E-state index is -0.333. The van der Waals surface area contributed by atoms with Crippen molar-refractivity contribution < 1.29 is 9.53 Å². The summed E-state index contributed by atoms with van der Waals surface area (Å²) in [5, 5.41) is 0. The first-order valence-corrected chi connectivity index (χ1v) is 7.15. The van der Waals surface area contributed by atoms with Crippen molar-refractivity contribution in [3.05, 3.63) is 60.2 Å². The first-order valence-electron chi connectivity index (χ1n) is 7.15. The van der Waals surface area contributed by atoms with E-state index >= 15 is 0 Å². The van der Waals surface area contributed by atoms with E-state index in [-0.39, 0.29) is 5.97 Å². The smallest absolute Gasteiger partial charge is 0.330 e. The van der Waals surface area contributed by atoms with Crippen molar-refractivity contribution in [1.82, 2.24) is 0 Å². The van der Waals surface area contributed by atoms with Crippen LogP contribution in [0.2, 0.25) is 0 Å². The van der Waals surface area contributed by atoms with E-state index in [9.17, 15) is 4.79 Å². The van der Waals surface area contributed by atoms with Crippen LogP contribution >= 0.6 is 0 Å². The van der Waals surface area contributed by atoms with Gasteiger partial charge in [-0.25, -0.2) is 4.79 Å². The molecule has 0 aliphatic carbocycles.